The summed E-state index contributed by atoms with van der Waals surface area (Å²) in [6.45, 7) is 0. The Morgan fingerprint density at radius 3 is 2.38 bits per heavy atom. The molecule has 0 radical (unpaired) electrons. The molecule has 3 amide bonds. The highest BCUT2D eigenvalue weighted by Crippen LogP contribution is 2.27. The molecule has 1 aliphatic rings. The molecule has 9 heteroatoms. The van der Waals surface area contributed by atoms with Gasteiger partial charge in [-0.1, -0.05) is 46.9 Å². The largest absolute Gasteiger partial charge is 0.337 e. The number of imide groups is 1. The maximum atomic E-state index is 13.9. The molecule has 0 saturated carbocycles. The number of carbonyl (C=O) groups excluding carboxylic acids is 2. The van der Waals surface area contributed by atoms with Crippen LogP contribution >= 0.6 is 34.8 Å². The zero-order valence-electron chi connectivity index (χ0n) is 10.5. The standard InChI is InChI=1S/C12H7Cl3FN3O2/c1-18-11(20)10(17-9(15)8(13)14)19(12(18)21)7-5-3-2-4-6(7)16/h2-5H,1H3/b17-10+. The first-order chi connectivity index (χ1) is 9.84. The normalized spacial score (nSPS) is 16.9. The molecule has 1 aromatic carbocycles. The van der Waals surface area contributed by atoms with Crippen LogP contribution in [0.5, 0.6) is 0 Å². The molecule has 0 aliphatic carbocycles. The van der Waals surface area contributed by atoms with E-state index in [1.54, 1.807) is 0 Å². The maximum Gasteiger partial charge on any atom is 0.337 e. The lowest BCUT2D eigenvalue weighted by Crippen LogP contribution is -2.32. The molecule has 1 aliphatic heterocycles. The van der Waals surface area contributed by atoms with Crippen LogP contribution in [0.25, 0.3) is 0 Å². The molecule has 1 saturated heterocycles. The minimum atomic E-state index is -0.765. The minimum Gasteiger partial charge on any atom is -0.265 e. The number of nitrogens with zero attached hydrogens (tertiary/aromatic N) is 3. The first kappa shape index (κ1) is 15.8. The number of para-hydroxylation sites is 1. The van der Waals surface area contributed by atoms with Crippen LogP contribution in [0.1, 0.15) is 0 Å². The van der Waals surface area contributed by atoms with Crippen LogP contribution < -0.4 is 4.90 Å². The summed E-state index contributed by atoms with van der Waals surface area (Å²) in [7, 11) is 1.24. The molecule has 2 rings (SSSR count). The second-order valence-corrected chi connectivity index (χ2v) is 5.23. The van der Waals surface area contributed by atoms with Gasteiger partial charge >= 0.3 is 6.03 Å². The third kappa shape index (κ3) is 2.88. The van der Waals surface area contributed by atoms with Crippen LogP contribution in [-0.2, 0) is 4.79 Å². The summed E-state index contributed by atoms with van der Waals surface area (Å²) in [5.74, 6) is -1.84. The van der Waals surface area contributed by atoms with Crippen LogP contribution in [0, 0.1) is 5.82 Å². The molecule has 1 aromatic rings. The van der Waals surface area contributed by atoms with Crippen molar-refractivity contribution in [3.05, 3.63) is 39.7 Å². The fourth-order valence-corrected chi connectivity index (χ4v) is 1.82. The Bertz CT molecular complexity index is 686. The van der Waals surface area contributed by atoms with Gasteiger partial charge in [0.25, 0.3) is 5.91 Å². The lowest BCUT2D eigenvalue weighted by Gasteiger charge is -2.15. The smallest absolute Gasteiger partial charge is 0.265 e. The van der Waals surface area contributed by atoms with Gasteiger partial charge in [-0.2, -0.15) is 0 Å². The van der Waals surface area contributed by atoms with Gasteiger partial charge in [-0.25, -0.2) is 19.1 Å². The van der Waals surface area contributed by atoms with Crippen LogP contribution in [0.2, 0.25) is 0 Å². The molecule has 0 N–H and O–H groups in total. The fraction of sp³-hybridized carbons (Fsp3) is 0.0833. The van der Waals surface area contributed by atoms with Crippen molar-refractivity contribution >= 4 is 58.3 Å². The summed E-state index contributed by atoms with van der Waals surface area (Å²) in [5, 5.41) is -0.383. The van der Waals surface area contributed by atoms with Gasteiger partial charge in [0.05, 0.1) is 5.69 Å². The predicted octanol–water partition coefficient (Wildman–Crippen LogP) is 3.47. The van der Waals surface area contributed by atoms with E-state index in [-0.39, 0.29) is 15.3 Å². The summed E-state index contributed by atoms with van der Waals surface area (Å²) >= 11 is 16.6. The van der Waals surface area contributed by atoms with Gasteiger partial charge in [-0.05, 0) is 12.1 Å². The van der Waals surface area contributed by atoms with Crippen molar-refractivity contribution in [1.82, 2.24) is 4.90 Å². The number of hydrogen-bond acceptors (Lipinski definition) is 3. The average molecular weight is 351 g/mol. The van der Waals surface area contributed by atoms with Crippen LogP contribution in [-0.4, -0.2) is 29.7 Å². The van der Waals surface area contributed by atoms with E-state index in [1.165, 1.54) is 25.2 Å². The number of likely N-dealkylation sites (N-methyl/N-ethyl adjacent to an activating group) is 1. The number of benzene rings is 1. The van der Waals surface area contributed by atoms with Gasteiger partial charge in [-0.15, -0.1) is 0 Å². The third-order valence-corrected chi connectivity index (χ3v) is 3.46. The summed E-state index contributed by atoms with van der Waals surface area (Å²) in [6, 6.07) is 4.67. The van der Waals surface area contributed by atoms with Gasteiger partial charge in [0.1, 0.15) is 10.3 Å². The van der Waals surface area contributed by atoms with E-state index in [2.05, 4.69) is 4.99 Å². The molecule has 0 unspecified atom stereocenters. The van der Waals surface area contributed by atoms with Crippen molar-refractivity contribution in [3.8, 4) is 0 Å². The van der Waals surface area contributed by atoms with E-state index in [0.29, 0.717) is 0 Å². The van der Waals surface area contributed by atoms with E-state index in [1.807, 2.05) is 0 Å². The van der Waals surface area contributed by atoms with Crippen LogP contribution in [0.4, 0.5) is 14.9 Å². The van der Waals surface area contributed by atoms with E-state index >= 15 is 0 Å². The number of halogens is 4. The van der Waals surface area contributed by atoms with Gasteiger partial charge in [0.2, 0.25) is 5.84 Å². The SMILES string of the molecule is CN1C(=O)/C(=N\C(Cl)=C(Cl)Cl)N(c2ccccc2F)C1=O. The number of rotatable bonds is 2. The summed E-state index contributed by atoms with van der Waals surface area (Å²) in [6.07, 6.45) is 0. The number of aliphatic imine (C=N–C) groups is 1. The van der Waals surface area contributed by atoms with E-state index in [0.717, 1.165) is 15.9 Å². The summed E-state index contributed by atoms with van der Waals surface area (Å²) in [5.41, 5.74) is -0.130. The Kier molecular flexibility index (Phi) is 4.51. The highest BCUT2D eigenvalue weighted by atomic mass is 35.5. The van der Waals surface area contributed by atoms with E-state index in [4.69, 9.17) is 34.8 Å². The minimum absolute atomic E-state index is 0.130. The number of hydrogen-bond donors (Lipinski definition) is 0. The molecule has 0 aromatic heterocycles. The molecular weight excluding hydrogens is 344 g/mol. The lowest BCUT2D eigenvalue weighted by atomic mass is 10.3. The molecule has 5 nitrogen and oxygen atoms in total. The molecule has 0 bridgehead atoms. The third-order valence-electron chi connectivity index (χ3n) is 2.64. The Morgan fingerprint density at radius 2 is 1.81 bits per heavy atom. The average Bonchev–Trinajstić information content (AvgIpc) is 2.64. The second kappa shape index (κ2) is 6.01. The lowest BCUT2D eigenvalue weighted by molar-refractivity contribution is -0.119. The number of carbonyl (C=O) groups is 2. The Balaban J connectivity index is 2.61. The number of amides is 3. The fourth-order valence-electron chi connectivity index (χ4n) is 1.66. The molecule has 21 heavy (non-hydrogen) atoms. The first-order valence-electron chi connectivity index (χ1n) is 5.50. The monoisotopic (exact) mass is 349 g/mol. The molecule has 0 atom stereocenters. The highest BCUT2D eigenvalue weighted by molar-refractivity contribution is 6.60. The number of amidine groups is 1. The number of urea groups is 1. The quantitative estimate of drug-likeness (QED) is 0.606. The van der Waals surface area contributed by atoms with Gasteiger partial charge < -0.3 is 0 Å². The van der Waals surface area contributed by atoms with Crippen molar-refractivity contribution < 1.29 is 14.0 Å². The first-order valence-corrected chi connectivity index (χ1v) is 6.64. The van der Waals surface area contributed by atoms with Gasteiger partial charge in [0, 0.05) is 7.05 Å². The maximum absolute atomic E-state index is 13.9. The molecule has 1 heterocycles. The highest BCUT2D eigenvalue weighted by Gasteiger charge is 2.42. The van der Waals surface area contributed by atoms with Crippen LogP contribution in [0.3, 0.4) is 0 Å². The second-order valence-electron chi connectivity index (χ2n) is 3.92. The molecular formula is C12H7Cl3FN3O2. The zero-order chi connectivity index (χ0) is 15.7. The summed E-state index contributed by atoms with van der Waals surface area (Å²) < 4.78 is 13.5. The van der Waals surface area contributed by atoms with Gasteiger partial charge in [0.15, 0.2) is 5.16 Å². The van der Waals surface area contributed by atoms with E-state index in [9.17, 15) is 14.0 Å². The Hall–Kier alpha value is -1.63. The van der Waals surface area contributed by atoms with Crippen molar-refractivity contribution in [2.75, 3.05) is 11.9 Å². The van der Waals surface area contributed by atoms with Crippen molar-refractivity contribution in [3.63, 3.8) is 0 Å². The molecule has 1 fully saturated rings. The van der Waals surface area contributed by atoms with Crippen molar-refractivity contribution in [1.29, 1.82) is 0 Å². The Labute approximate surface area is 134 Å². The Morgan fingerprint density at radius 1 is 1.19 bits per heavy atom. The summed E-state index contributed by atoms with van der Waals surface area (Å²) in [4.78, 5) is 29.4. The molecule has 0 spiro atoms. The van der Waals surface area contributed by atoms with Crippen molar-refractivity contribution in [2.45, 2.75) is 0 Å². The van der Waals surface area contributed by atoms with Crippen molar-refractivity contribution in [2.24, 2.45) is 4.99 Å². The van der Waals surface area contributed by atoms with Gasteiger partial charge in [-0.3, -0.25) is 9.69 Å². The topological polar surface area (TPSA) is 53.0 Å². The van der Waals surface area contributed by atoms with E-state index < -0.39 is 23.6 Å². The molecule has 110 valence electrons. The zero-order valence-corrected chi connectivity index (χ0v) is 12.7. The number of anilines is 1. The van der Waals surface area contributed by atoms with Crippen LogP contribution in [0.15, 0.2) is 38.9 Å². The predicted molar refractivity (Wildman–Crippen MR) is 79.1 cm³/mol.